The number of fused-ring (bicyclic) bond motifs is 1. The molecule has 0 aliphatic heterocycles. The van der Waals surface area contributed by atoms with Gasteiger partial charge in [-0.2, -0.15) is 5.26 Å². The Balaban J connectivity index is 1.98. The van der Waals surface area contributed by atoms with Crippen molar-refractivity contribution in [3.63, 3.8) is 0 Å². The number of aryl methyl sites for hydroxylation is 1. The zero-order chi connectivity index (χ0) is 14.8. The normalized spacial score (nSPS) is 15.5. The predicted molar refractivity (Wildman–Crippen MR) is 85.3 cm³/mol. The van der Waals surface area contributed by atoms with E-state index >= 15 is 0 Å². The number of nitriles is 1. The minimum absolute atomic E-state index is 0.684. The summed E-state index contributed by atoms with van der Waals surface area (Å²) < 4.78 is 2.01. The van der Waals surface area contributed by atoms with Crippen LogP contribution in [0.3, 0.4) is 0 Å². The summed E-state index contributed by atoms with van der Waals surface area (Å²) in [6, 6.07) is 6.31. The molecule has 1 saturated carbocycles. The van der Waals surface area contributed by atoms with Gasteiger partial charge in [0.2, 0.25) is 0 Å². The third-order valence-electron chi connectivity index (χ3n) is 4.60. The van der Waals surface area contributed by atoms with Gasteiger partial charge in [0.05, 0.1) is 16.6 Å². The van der Waals surface area contributed by atoms with Crippen molar-refractivity contribution < 1.29 is 0 Å². The molecule has 0 radical (unpaired) electrons. The Kier molecular flexibility index (Phi) is 3.83. The molecule has 0 N–H and O–H groups in total. The highest BCUT2D eigenvalue weighted by Crippen LogP contribution is 2.29. The molecule has 1 fully saturated rings. The standard InChI is InChI=1S/C17H22N4/c1-3-21(12-13-6-4-5-7-13)17-14(11-18)10-16-15(19-17)8-9-20(16)2/h8-10,13H,3-7,12H2,1-2H3. The number of hydrogen-bond acceptors (Lipinski definition) is 3. The fourth-order valence-corrected chi connectivity index (χ4v) is 3.37. The van der Waals surface area contributed by atoms with Gasteiger partial charge < -0.3 is 9.47 Å². The minimum atomic E-state index is 0.684. The number of anilines is 1. The first kappa shape index (κ1) is 13.9. The summed E-state index contributed by atoms with van der Waals surface area (Å²) in [4.78, 5) is 7.04. The highest BCUT2D eigenvalue weighted by atomic mass is 15.2. The van der Waals surface area contributed by atoms with Gasteiger partial charge in [0.25, 0.3) is 0 Å². The highest BCUT2D eigenvalue weighted by molar-refractivity contribution is 5.80. The fraction of sp³-hybridized carbons (Fsp3) is 0.529. The van der Waals surface area contributed by atoms with Gasteiger partial charge in [0, 0.05) is 26.3 Å². The van der Waals surface area contributed by atoms with Crippen LogP contribution in [0.1, 0.15) is 38.2 Å². The average Bonchev–Trinajstić information content (AvgIpc) is 3.14. The fourth-order valence-electron chi connectivity index (χ4n) is 3.37. The lowest BCUT2D eigenvalue weighted by Gasteiger charge is -2.26. The van der Waals surface area contributed by atoms with Crippen LogP contribution in [0.4, 0.5) is 5.82 Å². The van der Waals surface area contributed by atoms with E-state index in [0.29, 0.717) is 5.56 Å². The van der Waals surface area contributed by atoms with Crippen LogP contribution in [0.2, 0.25) is 0 Å². The highest BCUT2D eigenvalue weighted by Gasteiger charge is 2.21. The summed E-state index contributed by atoms with van der Waals surface area (Å²) in [5, 5.41) is 9.49. The quantitative estimate of drug-likeness (QED) is 0.862. The molecule has 3 rings (SSSR count). The molecule has 0 spiro atoms. The number of hydrogen-bond donors (Lipinski definition) is 0. The van der Waals surface area contributed by atoms with E-state index < -0.39 is 0 Å². The molecule has 4 nitrogen and oxygen atoms in total. The molecule has 21 heavy (non-hydrogen) atoms. The van der Waals surface area contributed by atoms with Gasteiger partial charge in [0.15, 0.2) is 0 Å². The van der Waals surface area contributed by atoms with E-state index in [4.69, 9.17) is 4.98 Å². The van der Waals surface area contributed by atoms with Crippen LogP contribution in [-0.2, 0) is 7.05 Å². The van der Waals surface area contributed by atoms with Gasteiger partial charge in [-0.15, -0.1) is 0 Å². The zero-order valence-corrected chi connectivity index (χ0v) is 12.8. The Morgan fingerprint density at radius 2 is 2.19 bits per heavy atom. The molecule has 2 heterocycles. The predicted octanol–water partition coefficient (Wildman–Crippen LogP) is 3.46. The maximum atomic E-state index is 9.49. The van der Waals surface area contributed by atoms with Crippen LogP contribution >= 0.6 is 0 Å². The van der Waals surface area contributed by atoms with Crippen LogP contribution in [0.15, 0.2) is 18.3 Å². The molecule has 0 saturated heterocycles. The van der Waals surface area contributed by atoms with Crippen molar-refractivity contribution in [2.24, 2.45) is 13.0 Å². The maximum Gasteiger partial charge on any atom is 0.147 e. The van der Waals surface area contributed by atoms with E-state index in [1.165, 1.54) is 25.7 Å². The smallest absolute Gasteiger partial charge is 0.147 e. The van der Waals surface area contributed by atoms with E-state index in [1.54, 1.807) is 0 Å². The van der Waals surface area contributed by atoms with Crippen molar-refractivity contribution in [2.75, 3.05) is 18.0 Å². The van der Waals surface area contributed by atoms with Gasteiger partial charge in [-0.05, 0) is 37.8 Å². The molecule has 0 aromatic carbocycles. The van der Waals surface area contributed by atoms with Crippen molar-refractivity contribution in [1.82, 2.24) is 9.55 Å². The molecule has 110 valence electrons. The first-order chi connectivity index (χ1) is 10.2. The monoisotopic (exact) mass is 282 g/mol. The van der Waals surface area contributed by atoms with Crippen LogP contribution in [0, 0.1) is 17.2 Å². The molecular formula is C17H22N4. The van der Waals surface area contributed by atoms with Gasteiger partial charge in [-0.1, -0.05) is 12.8 Å². The van der Waals surface area contributed by atoms with Crippen LogP contribution < -0.4 is 4.90 Å². The van der Waals surface area contributed by atoms with Gasteiger partial charge in [-0.25, -0.2) is 4.98 Å². The molecular weight excluding hydrogens is 260 g/mol. The summed E-state index contributed by atoms with van der Waals surface area (Å²) in [5.41, 5.74) is 2.67. The first-order valence-corrected chi connectivity index (χ1v) is 7.84. The number of rotatable bonds is 4. The summed E-state index contributed by atoms with van der Waals surface area (Å²) in [6.45, 7) is 4.07. The van der Waals surface area contributed by atoms with Crippen LogP contribution in [0.5, 0.6) is 0 Å². The lowest BCUT2D eigenvalue weighted by molar-refractivity contribution is 0.533. The molecule has 4 heteroatoms. The van der Waals surface area contributed by atoms with E-state index in [0.717, 1.165) is 35.9 Å². The SMILES string of the molecule is CCN(CC1CCCC1)c1nc2ccn(C)c2cc1C#N. The number of aromatic nitrogens is 2. The summed E-state index contributed by atoms with van der Waals surface area (Å²) in [5.74, 6) is 1.61. The third kappa shape index (κ3) is 2.61. The van der Waals surface area contributed by atoms with Gasteiger partial charge in [-0.3, -0.25) is 0 Å². The molecule has 0 unspecified atom stereocenters. The Hall–Kier alpha value is -2.02. The van der Waals surface area contributed by atoms with E-state index in [2.05, 4.69) is 17.9 Å². The second-order valence-electron chi connectivity index (χ2n) is 5.99. The van der Waals surface area contributed by atoms with Crippen molar-refractivity contribution >= 4 is 16.9 Å². The first-order valence-electron chi connectivity index (χ1n) is 7.84. The van der Waals surface area contributed by atoms with Crippen molar-refractivity contribution in [1.29, 1.82) is 5.26 Å². The zero-order valence-electron chi connectivity index (χ0n) is 12.8. The Morgan fingerprint density at radius 1 is 1.43 bits per heavy atom. The summed E-state index contributed by atoms with van der Waals surface area (Å²) in [7, 11) is 1.99. The second kappa shape index (κ2) is 5.77. The third-order valence-corrected chi connectivity index (χ3v) is 4.60. The largest absolute Gasteiger partial charge is 0.356 e. The number of nitrogens with zero attached hydrogens (tertiary/aromatic N) is 4. The topological polar surface area (TPSA) is 44.9 Å². The molecule has 0 amide bonds. The summed E-state index contributed by atoms with van der Waals surface area (Å²) >= 11 is 0. The molecule has 1 aliphatic rings. The average molecular weight is 282 g/mol. The van der Waals surface area contributed by atoms with Crippen LogP contribution in [-0.4, -0.2) is 22.6 Å². The van der Waals surface area contributed by atoms with Crippen LogP contribution in [0.25, 0.3) is 11.0 Å². The Bertz CT molecular complexity index is 674. The molecule has 1 aliphatic carbocycles. The molecule has 0 bridgehead atoms. The van der Waals surface area contributed by atoms with Crippen molar-refractivity contribution in [3.8, 4) is 6.07 Å². The lowest BCUT2D eigenvalue weighted by Crippen LogP contribution is -2.29. The van der Waals surface area contributed by atoms with E-state index in [-0.39, 0.29) is 0 Å². The van der Waals surface area contributed by atoms with Crippen molar-refractivity contribution in [3.05, 3.63) is 23.9 Å². The maximum absolute atomic E-state index is 9.49. The number of pyridine rings is 1. The lowest BCUT2D eigenvalue weighted by atomic mass is 10.1. The van der Waals surface area contributed by atoms with E-state index in [1.807, 2.05) is 29.9 Å². The molecule has 2 aromatic heterocycles. The Morgan fingerprint density at radius 3 is 2.86 bits per heavy atom. The van der Waals surface area contributed by atoms with Gasteiger partial charge >= 0.3 is 0 Å². The second-order valence-corrected chi connectivity index (χ2v) is 5.99. The van der Waals surface area contributed by atoms with E-state index in [9.17, 15) is 5.26 Å². The summed E-state index contributed by atoms with van der Waals surface area (Å²) in [6.07, 6.45) is 7.31. The molecule has 0 atom stereocenters. The molecule has 2 aromatic rings. The Labute approximate surface area is 126 Å². The van der Waals surface area contributed by atoms with Crippen molar-refractivity contribution in [2.45, 2.75) is 32.6 Å². The minimum Gasteiger partial charge on any atom is -0.356 e. The van der Waals surface area contributed by atoms with Gasteiger partial charge in [0.1, 0.15) is 11.9 Å².